The summed E-state index contributed by atoms with van der Waals surface area (Å²) in [6, 6.07) is 15.0. The minimum absolute atomic E-state index is 0.242. The summed E-state index contributed by atoms with van der Waals surface area (Å²) in [5.74, 6) is 0.309. The summed E-state index contributed by atoms with van der Waals surface area (Å²) in [4.78, 5) is 17.1. The van der Waals surface area contributed by atoms with Crippen molar-refractivity contribution in [2.45, 2.75) is 0 Å². The highest BCUT2D eigenvalue weighted by Crippen LogP contribution is 2.34. The van der Waals surface area contributed by atoms with Crippen LogP contribution in [0.1, 0.15) is 10.4 Å². The molecular weight excluding hydrogens is 466 g/mol. The van der Waals surface area contributed by atoms with Crippen LogP contribution in [-0.4, -0.2) is 40.6 Å². The number of pyridine rings is 1. The van der Waals surface area contributed by atoms with Crippen molar-refractivity contribution in [1.82, 2.24) is 34.7 Å². The zero-order valence-electron chi connectivity index (χ0n) is 18.4. The SMILES string of the molecule is Cn1cc(C(=O)Nc2cccc(-n3nc(Nc4ccc5[nH]ncc5c4Cl)c4ncccc43)c2)cn1. The van der Waals surface area contributed by atoms with Crippen LogP contribution >= 0.6 is 11.6 Å². The third kappa shape index (κ3) is 3.75. The first-order valence-corrected chi connectivity index (χ1v) is 11.1. The van der Waals surface area contributed by atoms with Gasteiger partial charge in [0.1, 0.15) is 5.52 Å². The minimum atomic E-state index is -0.242. The molecule has 6 rings (SSSR count). The summed E-state index contributed by atoms with van der Waals surface area (Å²) >= 11 is 6.61. The van der Waals surface area contributed by atoms with Crippen molar-refractivity contribution < 1.29 is 4.79 Å². The normalized spacial score (nSPS) is 11.3. The van der Waals surface area contributed by atoms with Crippen molar-refractivity contribution in [2.24, 2.45) is 7.05 Å². The highest BCUT2D eigenvalue weighted by Gasteiger charge is 2.16. The van der Waals surface area contributed by atoms with Crippen LogP contribution in [0.4, 0.5) is 17.2 Å². The average molecular weight is 484 g/mol. The minimum Gasteiger partial charge on any atom is -0.336 e. The number of nitrogens with one attached hydrogen (secondary N) is 3. The van der Waals surface area contributed by atoms with Crippen LogP contribution in [-0.2, 0) is 7.05 Å². The van der Waals surface area contributed by atoms with Gasteiger partial charge in [-0.05, 0) is 42.5 Å². The molecule has 0 unspecified atom stereocenters. The molecule has 0 spiro atoms. The van der Waals surface area contributed by atoms with E-state index in [9.17, 15) is 4.79 Å². The van der Waals surface area contributed by atoms with E-state index in [1.165, 1.54) is 6.20 Å². The summed E-state index contributed by atoms with van der Waals surface area (Å²) in [5, 5.41) is 23.4. The lowest BCUT2D eigenvalue weighted by molar-refractivity contribution is 0.102. The molecule has 1 amide bonds. The second-order valence-corrected chi connectivity index (χ2v) is 8.30. The zero-order chi connectivity index (χ0) is 23.9. The molecule has 3 N–H and O–H groups in total. The van der Waals surface area contributed by atoms with E-state index >= 15 is 0 Å². The second-order valence-electron chi connectivity index (χ2n) is 7.92. The molecular formula is C24H18ClN9O. The van der Waals surface area contributed by atoms with E-state index in [4.69, 9.17) is 16.7 Å². The van der Waals surface area contributed by atoms with Gasteiger partial charge in [0.05, 0.1) is 45.4 Å². The van der Waals surface area contributed by atoms with Crippen molar-refractivity contribution in [3.05, 3.63) is 83.9 Å². The number of aromatic nitrogens is 7. The molecule has 0 aliphatic heterocycles. The fourth-order valence-electron chi connectivity index (χ4n) is 3.90. The van der Waals surface area contributed by atoms with Gasteiger partial charge in [0.15, 0.2) is 5.82 Å². The average Bonchev–Trinajstić information content (AvgIpc) is 3.60. The maximum absolute atomic E-state index is 12.6. The molecule has 10 nitrogen and oxygen atoms in total. The lowest BCUT2D eigenvalue weighted by atomic mass is 10.2. The number of rotatable bonds is 5. The Bertz CT molecular complexity index is 1710. The van der Waals surface area contributed by atoms with Gasteiger partial charge in [-0.3, -0.25) is 19.6 Å². The first-order chi connectivity index (χ1) is 17.1. The number of amides is 1. The lowest BCUT2D eigenvalue weighted by Crippen LogP contribution is -2.11. The molecule has 0 bridgehead atoms. The molecule has 2 aromatic carbocycles. The van der Waals surface area contributed by atoms with E-state index in [1.54, 1.807) is 35.0 Å². The molecule has 0 saturated carbocycles. The van der Waals surface area contributed by atoms with Gasteiger partial charge >= 0.3 is 0 Å². The molecule has 0 aliphatic rings. The predicted octanol–water partition coefficient (Wildman–Crippen LogP) is 4.68. The molecule has 6 aromatic rings. The molecule has 4 aromatic heterocycles. The predicted molar refractivity (Wildman–Crippen MR) is 134 cm³/mol. The summed E-state index contributed by atoms with van der Waals surface area (Å²) < 4.78 is 3.36. The molecule has 0 saturated heterocycles. The number of aromatic amines is 1. The molecule has 0 atom stereocenters. The number of halogens is 1. The molecule has 0 fully saturated rings. The first-order valence-electron chi connectivity index (χ1n) is 10.7. The molecule has 35 heavy (non-hydrogen) atoms. The Kier molecular flexibility index (Phi) is 4.93. The first kappa shape index (κ1) is 20.9. The number of hydrogen-bond donors (Lipinski definition) is 3. The fourth-order valence-corrected chi connectivity index (χ4v) is 4.16. The van der Waals surface area contributed by atoms with Gasteiger partial charge < -0.3 is 10.6 Å². The molecule has 0 aliphatic carbocycles. The molecule has 172 valence electrons. The van der Waals surface area contributed by atoms with Gasteiger partial charge in [0.25, 0.3) is 5.91 Å². The van der Waals surface area contributed by atoms with Crippen molar-refractivity contribution in [1.29, 1.82) is 0 Å². The quantitative estimate of drug-likeness (QED) is 0.327. The standard InChI is InChI=1S/C24H18ClN9O/c1-33-13-14(11-28-33)24(35)29-15-4-2-5-16(10-15)34-20-6-3-9-26-22(20)23(32-34)30-19-8-7-18-17(21(19)25)12-27-31-18/h2-13H,1H3,(H,27,31)(H,29,35)(H,30,32). The van der Waals surface area contributed by atoms with E-state index in [1.807, 2.05) is 48.5 Å². The van der Waals surface area contributed by atoms with Gasteiger partial charge in [0, 0.05) is 30.5 Å². The third-order valence-corrected chi connectivity index (χ3v) is 5.97. The summed E-state index contributed by atoms with van der Waals surface area (Å²) in [7, 11) is 1.76. The summed E-state index contributed by atoms with van der Waals surface area (Å²) in [6.07, 6.45) is 6.58. The molecule has 11 heteroatoms. The zero-order valence-corrected chi connectivity index (χ0v) is 19.2. The summed E-state index contributed by atoms with van der Waals surface area (Å²) in [5.41, 5.74) is 4.88. The Morgan fingerprint density at radius 1 is 1.11 bits per heavy atom. The van der Waals surface area contributed by atoms with Gasteiger partial charge in [0.2, 0.25) is 0 Å². The van der Waals surface area contributed by atoms with Crippen LogP contribution in [0.2, 0.25) is 5.02 Å². The van der Waals surface area contributed by atoms with Gasteiger partial charge in [-0.15, -0.1) is 5.10 Å². The number of anilines is 3. The van der Waals surface area contributed by atoms with E-state index in [2.05, 4.69) is 30.9 Å². The number of carbonyl (C=O) groups is 1. The maximum atomic E-state index is 12.6. The Morgan fingerprint density at radius 3 is 2.89 bits per heavy atom. The van der Waals surface area contributed by atoms with Crippen LogP contribution in [0.25, 0.3) is 27.6 Å². The fraction of sp³-hybridized carbons (Fsp3) is 0.0417. The largest absolute Gasteiger partial charge is 0.336 e. The maximum Gasteiger partial charge on any atom is 0.258 e. The lowest BCUT2D eigenvalue weighted by Gasteiger charge is -2.08. The van der Waals surface area contributed by atoms with Crippen LogP contribution in [0, 0.1) is 0 Å². The Balaban J connectivity index is 1.36. The second kappa shape index (κ2) is 8.26. The van der Waals surface area contributed by atoms with Crippen LogP contribution in [0.5, 0.6) is 0 Å². The number of benzene rings is 2. The van der Waals surface area contributed by atoms with Gasteiger partial charge in [-0.2, -0.15) is 10.2 Å². The molecule has 4 heterocycles. The third-order valence-electron chi connectivity index (χ3n) is 5.57. The number of hydrogen-bond acceptors (Lipinski definition) is 6. The van der Waals surface area contributed by atoms with Crippen LogP contribution in [0.15, 0.2) is 73.3 Å². The molecule has 0 radical (unpaired) electrons. The Hall–Kier alpha value is -4.70. The number of nitrogens with zero attached hydrogens (tertiary/aromatic N) is 6. The Morgan fingerprint density at radius 2 is 2.03 bits per heavy atom. The number of H-pyrrole nitrogens is 1. The number of aryl methyl sites for hydroxylation is 1. The smallest absolute Gasteiger partial charge is 0.258 e. The topological polar surface area (TPSA) is 118 Å². The highest BCUT2D eigenvalue weighted by atomic mass is 35.5. The van der Waals surface area contributed by atoms with Crippen molar-refractivity contribution >= 4 is 56.6 Å². The van der Waals surface area contributed by atoms with E-state index in [0.29, 0.717) is 33.3 Å². The van der Waals surface area contributed by atoms with Crippen molar-refractivity contribution in [3.8, 4) is 5.69 Å². The van der Waals surface area contributed by atoms with Gasteiger partial charge in [-0.25, -0.2) is 4.68 Å². The Labute approximate surface area is 203 Å². The summed E-state index contributed by atoms with van der Waals surface area (Å²) in [6.45, 7) is 0. The van der Waals surface area contributed by atoms with Crippen molar-refractivity contribution in [3.63, 3.8) is 0 Å². The monoisotopic (exact) mass is 483 g/mol. The van der Waals surface area contributed by atoms with E-state index in [-0.39, 0.29) is 5.91 Å². The number of fused-ring (bicyclic) bond motifs is 2. The van der Waals surface area contributed by atoms with E-state index < -0.39 is 0 Å². The van der Waals surface area contributed by atoms with Gasteiger partial charge in [-0.1, -0.05) is 17.7 Å². The van der Waals surface area contributed by atoms with Crippen LogP contribution in [0.3, 0.4) is 0 Å². The highest BCUT2D eigenvalue weighted by molar-refractivity contribution is 6.38. The number of carbonyl (C=O) groups excluding carboxylic acids is 1. The van der Waals surface area contributed by atoms with Crippen LogP contribution < -0.4 is 10.6 Å². The van der Waals surface area contributed by atoms with Crippen molar-refractivity contribution in [2.75, 3.05) is 10.6 Å². The van der Waals surface area contributed by atoms with E-state index in [0.717, 1.165) is 22.1 Å².